The van der Waals surface area contributed by atoms with Crippen LogP contribution in [0.15, 0.2) is 0 Å². The Balaban J connectivity index is 1.43. The van der Waals surface area contributed by atoms with E-state index < -0.39 is 0 Å². The Kier molecular flexibility index (Phi) is 3.80. The predicted octanol–water partition coefficient (Wildman–Crippen LogP) is 5.58. The Bertz CT molecular complexity index is 583. The van der Waals surface area contributed by atoms with Crippen LogP contribution in [0.25, 0.3) is 0 Å². The molecule has 0 bridgehead atoms. The summed E-state index contributed by atoms with van der Waals surface area (Å²) < 4.78 is 5.99. The molecule has 1 aliphatic heterocycles. The van der Waals surface area contributed by atoms with Crippen LogP contribution in [0.3, 0.4) is 0 Å². The fourth-order valence-corrected chi connectivity index (χ4v) is 9.08. The minimum atomic E-state index is -0.388. The summed E-state index contributed by atoms with van der Waals surface area (Å²) in [5.74, 6) is 4.13. The van der Waals surface area contributed by atoms with Crippen molar-refractivity contribution in [3.63, 3.8) is 0 Å². The van der Waals surface area contributed by atoms with Gasteiger partial charge in [-0.05, 0) is 98.2 Å². The number of hydrogen-bond donors (Lipinski definition) is 1. The van der Waals surface area contributed by atoms with Gasteiger partial charge < -0.3 is 9.84 Å². The van der Waals surface area contributed by atoms with Gasteiger partial charge in [0.15, 0.2) is 0 Å². The third-order valence-corrected chi connectivity index (χ3v) is 10.8. The van der Waals surface area contributed by atoms with Crippen molar-refractivity contribution in [2.45, 2.75) is 103 Å². The number of fused-ring (bicyclic) bond motifs is 5. The molecule has 1 heterocycles. The molecule has 148 valence electrons. The molecule has 0 aromatic carbocycles. The largest absolute Gasteiger partial charge is 0.389 e. The Labute approximate surface area is 160 Å². The van der Waals surface area contributed by atoms with Gasteiger partial charge in [-0.15, -0.1) is 0 Å². The molecule has 4 aliphatic carbocycles. The van der Waals surface area contributed by atoms with Gasteiger partial charge in [0.1, 0.15) is 0 Å². The Morgan fingerprint density at radius 1 is 1.00 bits per heavy atom. The topological polar surface area (TPSA) is 32.8 Å². The molecule has 2 heteroatoms. The zero-order valence-corrected chi connectivity index (χ0v) is 17.5. The molecule has 0 aromatic heterocycles. The van der Waals surface area contributed by atoms with Gasteiger partial charge in [-0.2, -0.15) is 0 Å². The monoisotopic (exact) mass is 360 g/mol. The maximum Gasteiger partial charge on any atom is 0.0944 e. The molecule has 4 saturated carbocycles. The Morgan fingerprint density at radius 2 is 1.73 bits per heavy atom. The lowest BCUT2D eigenvalue weighted by molar-refractivity contribution is -0.163. The molecule has 26 heavy (non-hydrogen) atoms. The van der Waals surface area contributed by atoms with E-state index in [0.717, 1.165) is 55.5 Å². The first kappa shape index (κ1) is 18.0. The number of aliphatic hydroxyl groups is 1. The molecule has 1 saturated heterocycles. The molecule has 5 fully saturated rings. The molecule has 5 rings (SSSR count). The predicted molar refractivity (Wildman–Crippen MR) is 105 cm³/mol. The van der Waals surface area contributed by atoms with Gasteiger partial charge in [-0.1, -0.05) is 34.1 Å². The molecule has 2 nitrogen and oxygen atoms in total. The second-order valence-corrected chi connectivity index (χ2v) is 11.6. The first-order valence-electron chi connectivity index (χ1n) is 11.6. The zero-order valence-electron chi connectivity index (χ0n) is 17.5. The van der Waals surface area contributed by atoms with Crippen molar-refractivity contribution in [3.05, 3.63) is 0 Å². The van der Waals surface area contributed by atoms with Crippen LogP contribution in [-0.2, 0) is 4.74 Å². The number of ether oxygens (including phenoxy) is 1. The van der Waals surface area contributed by atoms with Crippen molar-refractivity contribution in [1.82, 2.24) is 0 Å². The van der Waals surface area contributed by atoms with Crippen LogP contribution in [0, 0.1) is 40.4 Å². The molecule has 1 N–H and O–H groups in total. The summed E-state index contributed by atoms with van der Waals surface area (Å²) in [5.41, 5.74) is 0.580. The third-order valence-electron chi connectivity index (χ3n) is 10.8. The van der Waals surface area contributed by atoms with Crippen molar-refractivity contribution in [2.75, 3.05) is 6.61 Å². The van der Waals surface area contributed by atoms with Gasteiger partial charge in [0.05, 0.1) is 17.8 Å². The lowest BCUT2D eigenvalue weighted by Gasteiger charge is -2.62. The minimum absolute atomic E-state index is 0.175. The second-order valence-electron chi connectivity index (χ2n) is 11.6. The van der Waals surface area contributed by atoms with E-state index >= 15 is 0 Å². The van der Waals surface area contributed by atoms with Gasteiger partial charge >= 0.3 is 0 Å². The highest BCUT2D eigenvalue weighted by Gasteiger charge is 2.67. The van der Waals surface area contributed by atoms with Gasteiger partial charge in [0.2, 0.25) is 0 Å². The summed E-state index contributed by atoms with van der Waals surface area (Å²) in [6.45, 7) is 10.8. The van der Waals surface area contributed by atoms with Crippen LogP contribution in [0.4, 0.5) is 0 Å². The molecule has 1 spiro atoms. The highest BCUT2D eigenvalue weighted by molar-refractivity contribution is 5.16. The zero-order chi connectivity index (χ0) is 18.4. The smallest absolute Gasteiger partial charge is 0.0944 e. The van der Waals surface area contributed by atoms with Crippen LogP contribution in [0.2, 0.25) is 0 Å². The maximum absolute atomic E-state index is 11.5. The van der Waals surface area contributed by atoms with Crippen molar-refractivity contribution >= 4 is 0 Å². The Hall–Kier alpha value is -0.0800. The molecule has 9 atom stereocenters. The van der Waals surface area contributed by atoms with E-state index in [2.05, 4.69) is 27.7 Å². The summed E-state index contributed by atoms with van der Waals surface area (Å²) in [5, 5.41) is 11.5. The highest BCUT2D eigenvalue weighted by Crippen LogP contribution is 2.70. The third kappa shape index (κ3) is 2.12. The average Bonchev–Trinajstić information content (AvgIpc) is 3.31. The quantitative estimate of drug-likeness (QED) is 0.652. The van der Waals surface area contributed by atoms with Crippen LogP contribution < -0.4 is 0 Å². The molecule has 5 aliphatic rings. The number of hydrogen-bond acceptors (Lipinski definition) is 2. The average molecular weight is 361 g/mol. The summed E-state index contributed by atoms with van der Waals surface area (Å²) in [7, 11) is 0. The number of rotatable bonds is 2. The summed E-state index contributed by atoms with van der Waals surface area (Å²) in [4.78, 5) is 0. The number of epoxide rings is 1. The van der Waals surface area contributed by atoms with Gasteiger partial charge in [-0.3, -0.25) is 0 Å². The van der Waals surface area contributed by atoms with Gasteiger partial charge in [0, 0.05) is 0 Å². The standard InChI is InChI=1S/C24H40O2/c1-5-10-24(25)12-9-20-18-7-6-17-14-23(15-26-23)16(2)13-21(17,3)19(18)8-11-22(20,24)4/h16-20,25H,5-15H2,1-4H3/t16-,17+,18-,19+,20-,21+,22+,23-,24+/m1/s1. The molecular weight excluding hydrogens is 320 g/mol. The molecule has 0 aromatic rings. The summed E-state index contributed by atoms with van der Waals surface area (Å²) in [6, 6.07) is 0. The lowest BCUT2D eigenvalue weighted by Crippen LogP contribution is -2.58. The van der Waals surface area contributed by atoms with Crippen LogP contribution in [0.1, 0.15) is 91.9 Å². The fraction of sp³-hybridized carbons (Fsp3) is 1.00. The summed E-state index contributed by atoms with van der Waals surface area (Å²) >= 11 is 0. The normalized spacial score (nSPS) is 61.0. The SMILES string of the molecule is CCC[C@]1(O)CC[C@@H]2[C@@H]3CC[C@H]4C[C@@]5(CO5)[C@H](C)C[C@]4(C)[C@H]3CC[C@@]21C. The van der Waals surface area contributed by atoms with Crippen LogP contribution in [0.5, 0.6) is 0 Å². The first-order chi connectivity index (χ1) is 12.3. The van der Waals surface area contributed by atoms with Crippen LogP contribution >= 0.6 is 0 Å². The first-order valence-corrected chi connectivity index (χ1v) is 11.6. The van der Waals surface area contributed by atoms with E-state index in [9.17, 15) is 5.11 Å². The van der Waals surface area contributed by atoms with Crippen molar-refractivity contribution in [2.24, 2.45) is 40.4 Å². The van der Waals surface area contributed by atoms with E-state index in [-0.39, 0.29) is 16.6 Å². The maximum atomic E-state index is 11.5. The molecule has 0 radical (unpaired) electrons. The second kappa shape index (κ2) is 5.50. The van der Waals surface area contributed by atoms with Gasteiger partial charge in [0.25, 0.3) is 0 Å². The fourth-order valence-electron chi connectivity index (χ4n) is 9.08. The van der Waals surface area contributed by atoms with E-state index in [1.807, 2.05) is 0 Å². The Morgan fingerprint density at radius 3 is 2.42 bits per heavy atom. The molecule has 0 amide bonds. The molecule has 0 unspecified atom stereocenters. The van der Waals surface area contributed by atoms with E-state index in [0.29, 0.717) is 5.41 Å². The highest BCUT2D eigenvalue weighted by atomic mass is 16.6. The van der Waals surface area contributed by atoms with Crippen molar-refractivity contribution in [1.29, 1.82) is 0 Å². The summed E-state index contributed by atoms with van der Waals surface area (Å²) in [6.07, 6.45) is 12.6. The molecular formula is C24H40O2. The van der Waals surface area contributed by atoms with Gasteiger partial charge in [-0.25, -0.2) is 0 Å². The van der Waals surface area contributed by atoms with Crippen molar-refractivity contribution < 1.29 is 9.84 Å². The van der Waals surface area contributed by atoms with E-state index in [1.165, 1.54) is 44.9 Å². The van der Waals surface area contributed by atoms with E-state index in [1.54, 1.807) is 0 Å². The van der Waals surface area contributed by atoms with Crippen LogP contribution in [-0.4, -0.2) is 22.9 Å². The van der Waals surface area contributed by atoms with Crippen molar-refractivity contribution in [3.8, 4) is 0 Å². The van der Waals surface area contributed by atoms with E-state index in [4.69, 9.17) is 4.74 Å². The minimum Gasteiger partial charge on any atom is -0.389 e. The lowest BCUT2D eigenvalue weighted by atomic mass is 9.43.